The Labute approximate surface area is 108 Å². The smallest absolute Gasteiger partial charge is 0.250 e. The molecule has 1 aromatic rings. The molecule has 6 heteroatoms. The number of pyridine rings is 1. The molecule has 0 amide bonds. The van der Waals surface area contributed by atoms with Gasteiger partial charge in [0.25, 0.3) is 0 Å². The molecule has 1 heterocycles. The molecule has 0 saturated carbocycles. The molecular weight excluding hydrogens is 293 g/mol. The van der Waals surface area contributed by atoms with Crippen LogP contribution in [-0.4, -0.2) is 38.5 Å². The van der Waals surface area contributed by atoms with Gasteiger partial charge in [-0.15, -0.1) is 0 Å². The van der Waals surface area contributed by atoms with Crippen molar-refractivity contribution in [3.63, 3.8) is 0 Å². The summed E-state index contributed by atoms with van der Waals surface area (Å²) in [5.74, 6) is -0.454. The molecule has 0 aliphatic heterocycles. The van der Waals surface area contributed by atoms with Crippen molar-refractivity contribution in [2.75, 3.05) is 33.5 Å². The van der Waals surface area contributed by atoms with E-state index in [0.29, 0.717) is 37.3 Å². The molecule has 0 aliphatic rings. The molecule has 0 unspecified atom stereocenters. The van der Waals surface area contributed by atoms with Gasteiger partial charge in [0.15, 0.2) is 5.82 Å². The van der Waals surface area contributed by atoms with Gasteiger partial charge in [-0.2, -0.15) is 0 Å². The van der Waals surface area contributed by atoms with Crippen molar-refractivity contribution in [1.29, 1.82) is 0 Å². The van der Waals surface area contributed by atoms with E-state index in [2.05, 4.69) is 20.9 Å². The lowest BCUT2D eigenvalue weighted by Gasteiger charge is -2.06. The van der Waals surface area contributed by atoms with Crippen molar-refractivity contribution < 1.29 is 18.6 Å². The van der Waals surface area contributed by atoms with Gasteiger partial charge >= 0.3 is 0 Å². The van der Waals surface area contributed by atoms with Crippen LogP contribution in [0.5, 0.6) is 5.88 Å². The summed E-state index contributed by atoms with van der Waals surface area (Å²) in [6, 6.07) is 1.32. The number of methoxy groups -OCH3 is 1. The van der Waals surface area contributed by atoms with Gasteiger partial charge in [0.05, 0.1) is 19.8 Å². The molecule has 0 fully saturated rings. The van der Waals surface area contributed by atoms with E-state index in [4.69, 9.17) is 14.2 Å². The molecule has 17 heavy (non-hydrogen) atoms. The molecule has 0 bridgehead atoms. The minimum absolute atomic E-state index is 0.0186. The van der Waals surface area contributed by atoms with Crippen LogP contribution in [-0.2, 0) is 9.47 Å². The Hall–Kier alpha value is -0.720. The maximum Gasteiger partial charge on any atom is 0.250 e. The Bertz CT molecular complexity index is 338. The summed E-state index contributed by atoms with van der Waals surface area (Å²) in [7, 11) is 1.62. The SMILES string of the molecule is COCCOCCCOc1ncc(Br)cc1F. The minimum atomic E-state index is -0.473. The number of ether oxygens (including phenoxy) is 3. The van der Waals surface area contributed by atoms with Crippen molar-refractivity contribution in [2.24, 2.45) is 0 Å². The highest BCUT2D eigenvalue weighted by molar-refractivity contribution is 9.10. The fourth-order valence-corrected chi connectivity index (χ4v) is 1.39. The number of hydrogen-bond donors (Lipinski definition) is 0. The van der Waals surface area contributed by atoms with Crippen LogP contribution >= 0.6 is 15.9 Å². The zero-order valence-electron chi connectivity index (χ0n) is 9.62. The molecular formula is C11H15BrFNO3. The molecule has 0 radical (unpaired) electrons. The van der Waals surface area contributed by atoms with Crippen LogP contribution < -0.4 is 4.74 Å². The molecule has 0 spiro atoms. The summed E-state index contributed by atoms with van der Waals surface area (Å²) in [5, 5.41) is 0. The van der Waals surface area contributed by atoms with E-state index < -0.39 is 5.82 Å². The number of rotatable bonds is 8. The topological polar surface area (TPSA) is 40.6 Å². The highest BCUT2D eigenvalue weighted by Gasteiger charge is 2.04. The summed E-state index contributed by atoms with van der Waals surface area (Å²) >= 11 is 3.12. The van der Waals surface area contributed by atoms with Crippen molar-refractivity contribution in [1.82, 2.24) is 4.98 Å². The average molecular weight is 308 g/mol. The Morgan fingerprint density at radius 1 is 1.29 bits per heavy atom. The van der Waals surface area contributed by atoms with E-state index in [-0.39, 0.29) is 5.88 Å². The van der Waals surface area contributed by atoms with Crippen LogP contribution in [0.3, 0.4) is 0 Å². The lowest BCUT2D eigenvalue weighted by atomic mass is 10.4. The van der Waals surface area contributed by atoms with Gasteiger partial charge < -0.3 is 14.2 Å². The van der Waals surface area contributed by atoms with Crippen molar-refractivity contribution in [2.45, 2.75) is 6.42 Å². The second-order valence-electron chi connectivity index (χ2n) is 3.25. The number of aromatic nitrogens is 1. The molecule has 1 aromatic heterocycles. The van der Waals surface area contributed by atoms with Crippen LogP contribution in [0.25, 0.3) is 0 Å². The van der Waals surface area contributed by atoms with Gasteiger partial charge in [-0.25, -0.2) is 9.37 Å². The van der Waals surface area contributed by atoms with Gasteiger partial charge in [-0.05, 0) is 22.0 Å². The van der Waals surface area contributed by atoms with Crippen molar-refractivity contribution >= 4 is 15.9 Å². The van der Waals surface area contributed by atoms with E-state index in [1.54, 1.807) is 7.11 Å². The molecule has 0 atom stereocenters. The van der Waals surface area contributed by atoms with Crippen molar-refractivity contribution in [3.8, 4) is 5.88 Å². The first kappa shape index (κ1) is 14.3. The Kier molecular flexibility index (Phi) is 7.07. The highest BCUT2D eigenvalue weighted by Crippen LogP contribution is 2.17. The number of nitrogens with zero attached hydrogens (tertiary/aromatic N) is 1. The summed E-state index contributed by atoms with van der Waals surface area (Å²) in [5.41, 5.74) is 0. The first-order valence-electron chi connectivity index (χ1n) is 5.24. The van der Waals surface area contributed by atoms with Crippen LogP contribution in [0.15, 0.2) is 16.7 Å². The summed E-state index contributed by atoms with van der Waals surface area (Å²) in [4.78, 5) is 3.82. The largest absolute Gasteiger partial charge is 0.476 e. The number of hydrogen-bond acceptors (Lipinski definition) is 4. The Morgan fingerprint density at radius 2 is 2.12 bits per heavy atom. The average Bonchev–Trinajstić information content (AvgIpc) is 2.30. The van der Waals surface area contributed by atoms with Gasteiger partial charge in [-0.1, -0.05) is 0 Å². The fraction of sp³-hybridized carbons (Fsp3) is 0.545. The summed E-state index contributed by atoms with van der Waals surface area (Å²) in [6.45, 7) is 2.06. The summed E-state index contributed by atoms with van der Waals surface area (Å²) in [6.07, 6.45) is 2.17. The van der Waals surface area contributed by atoms with Crippen LogP contribution in [0.2, 0.25) is 0 Å². The number of halogens is 2. The van der Waals surface area contributed by atoms with E-state index in [1.165, 1.54) is 12.3 Å². The van der Waals surface area contributed by atoms with E-state index >= 15 is 0 Å². The molecule has 0 aromatic carbocycles. The maximum atomic E-state index is 13.3. The second-order valence-corrected chi connectivity index (χ2v) is 4.16. The lowest BCUT2D eigenvalue weighted by molar-refractivity contribution is 0.0639. The third kappa shape index (κ3) is 5.95. The van der Waals surface area contributed by atoms with E-state index in [9.17, 15) is 4.39 Å². The minimum Gasteiger partial charge on any atom is -0.476 e. The second kappa shape index (κ2) is 8.38. The zero-order chi connectivity index (χ0) is 12.5. The van der Waals surface area contributed by atoms with E-state index in [0.717, 1.165) is 0 Å². The van der Waals surface area contributed by atoms with Gasteiger partial charge in [0, 0.05) is 30.8 Å². The van der Waals surface area contributed by atoms with Gasteiger partial charge in [0.1, 0.15) is 0 Å². The predicted octanol–water partition coefficient (Wildman–Crippen LogP) is 2.42. The molecule has 4 nitrogen and oxygen atoms in total. The quantitative estimate of drug-likeness (QED) is 0.692. The molecule has 0 N–H and O–H groups in total. The van der Waals surface area contributed by atoms with Crippen LogP contribution in [0, 0.1) is 5.82 Å². The maximum absolute atomic E-state index is 13.3. The monoisotopic (exact) mass is 307 g/mol. The van der Waals surface area contributed by atoms with Gasteiger partial charge in [-0.3, -0.25) is 0 Å². The fourth-order valence-electron chi connectivity index (χ4n) is 1.08. The van der Waals surface area contributed by atoms with E-state index in [1.807, 2.05) is 0 Å². The van der Waals surface area contributed by atoms with Crippen molar-refractivity contribution in [3.05, 3.63) is 22.6 Å². The lowest BCUT2D eigenvalue weighted by Crippen LogP contribution is -2.07. The molecule has 0 aliphatic carbocycles. The molecule has 1 rings (SSSR count). The Morgan fingerprint density at radius 3 is 2.82 bits per heavy atom. The third-order valence-electron chi connectivity index (χ3n) is 1.88. The standard InChI is InChI=1S/C11H15BrFNO3/c1-15-5-6-16-3-2-4-17-11-10(13)7-9(12)8-14-11/h7-8H,2-6H2,1H3. The summed E-state index contributed by atoms with van der Waals surface area (Å²) < 4.78 is 29.1. The first-order valence-corrected chi connectivity index (χ1v) is 6.04. The third-order valence-corrected chi connectivity index (χ3v) is 2.31. The van der Waals surface area contributed by atoms with Gasteiger partial charge in [0.2, 0.25) is 5.88 Å². The van der Waals surface area contributed by atoms with Crippen LogP contribution in [0.4, 0.5) is 4.39 Å². The Balaban J connectivity index is 2.14. The molecule has 0 saturated heterocycles. The first-order chi connectivity index (χ1) is 8.24. The van der Waals surface area contributed by atoms with Crippen LogP contribution in [0.1, 0.15) is 6.42 Å². The normalized spacial score (nSPS) is 10.5. The molecule has 96 valence electrons. The highest BCUT2D eigenvalue weighted by atomic mass is 79.9. The zero-order valence-corrected chi connectivity index (χ0v) is 11.2. The predicted molar refractivity (Wildman–Crippen MR) is 64.7 cm³/mol.